The van der Waals surface area contributed by atoms with Crippen LogP contribution in [0.15, 0.2) is 91.4 Å². The third-order valence-electron chi connectivity index (χ3n) is 5.43. The van der Waals surface area contributed by atoms with Crippen molar-refractivity contribution in [3.05, 3.63) is 108 Å². The summed E-state index contributed by atoms with van der Waals surface area (Å²) in [6.45, 7) is 0.558. The quantitative estimate of drug-likeness (QED) is 0.281. The molecule has 0 atom stereocenters. The highest BCUT2D eigenvalue weighted by Crippen LogP contribution is 2.25. The molecule has 0 saturated heterocycles. The van der Waals surface area contributed by atoms with Gasteiger partial charge < -0.3 is 9.88 Å². The van der Waals surface area contributed by atoms with E-state index in [0.29, 0.717) is 22.8 Å². The van der Waals surface area contributed by atoms with Crippen LogP contribution in [0.2, 0.25) is 5.02 Å². The Labute approximate surface area is 189 Å². The summed E-state index contributed by atoms with van der Waals surface area (Å²) in [4.78, 5) is 30.2. The average molecular weight is 440 g/mol. The molecule has 6 heteroatoms. The number of amides is 1. The molecular weight excluding hydrogens is 422 g/mol. The molecule has 0 aliphatic carbocycles. The lowest BCUT2D eigenvalue weighted by atomic mass is 10.1. The van der Waals surface area contributed by atoms with Gasteiger partial charge in [-0.1, -0.05) is 54.1 Å². The lowest BCUT2D eigenvalue weighted by molar-refractivity contribution is -0.112. The Balaban J connectivity index is 1.48. The second-order valence-electron chi connectivity index (χ2n) is 7.50. The summed E-state index contributed by atoms with van der Waals surface area (Å²) in [6, 6.07) is 22.5. The van der Waals surface area contributed by atoms with E-state index in [2.05, 4.69) is 10.3 Å². The number of fused-ring (bicyclic) bond motifs is 2. The first-order valence-electron chi connectivity index (χ1n) is 10.1. The molecule has 3 aromatic carbocycles. The molecule has 2 heterocycles. The fraction of sp³-hybridized carbons (Fsp3) is 0.0385. The molecule has 0 bridgehead atoms. The van der Waals surface area contributed by atoms with Gasteiger partial charge >= 0.3 is 0 Å². The van der Waals surface area contributed by atoms with Crippen molar-refractivity contribution in [3.63, 3.8) is 0 Å². The van der Waals surface area contributed by atoms with E-state index in [1.165, 1.54) is 0 Å². The van der Waals surface area contributed by atoms with Gasteiger partial charge in [-0.25, -0.2) is 0 Å². The minimum absolute atomic E-state index is 0.369. The third-order valence-corrected chi connectivity index (χ3v) is 5.69. The van der Waals surface area contributed by atoms with Gasteiger partial charge in [0.05, 0.1) is 5.56 Å². The lowest BCUT2D eigenvalue weighted by Gasteiger charge is -2.07. The number of hydrogen-bond donors (Lipinski definition) is 1. The van der Waals surface area contributed by atoms with Gasteiger partial charge in [-0.15, -0.1) is 0 Å². The fourth-order valence-electron chi connectivity index (χ4n) is 3.88. The van der Waals surface area contributed by atoms with Crippen LogP contribution in [0.3, 0.4) is 0 Å². The first-order chi connectivity index (χ1) is 15.6. The second kappa shape index (κ2) is 8.29. The predicted octanol–water partition coefficient (Wildman–Crippen LogP) is 5.71. The number of carbonyl (C=O) groups is 2. The number of nitrogens with one attached hydrogen (secondary N) is 1. The average Bonchev–Trinajstić information content (AvgIpc) is 3.18. The van der Waals surface area contributed by atoms with Crippen molar-refractivity contribution >= 4 is 50.7 Å². The normalized spacial score (nSPS) is 11.0. The van der Waals surface area contributed by atoms with Gasteiger partial charge in [0.15, 0.2) is 0 Å². The largest absolute Gasteiger partial charge is 0.342 e. The highest BCUT2D eigenvalue weighted by molar-refractivity contribution is 6.48. The molecule has 32 heavy (non-hydrogen) atoms. The van der Waals surface area contributed by atoms with Crippen LogP contribution in [0.5, 0.6) is 0 Å². The number of aromatic nitrogens is 2. The van der Waals surface area contributed by atoms with Crippen molar-refractivity contribution in [1.82, 2.24) is 9.55 Å². The van der Waals surface area contributed by atoms with Crippen LogP contribution in [0, 0.1) is 0 Å². The van der Waals surface area contributed by atoms with E-state index in [0.717, 1.165) is 27.2 Å². The van der Waals surface area contributed by atoms with Crippen LogP contribution in [0.25, 0.3) is 21.7 Å². The van der Waals surface area contributed by atoms with E-state index >= 15 is 0 Å². The zero-order valence-electron chi connectivity index (χ0n) is 17.0. The molecular formula is C26H18ClN3O2. The van der Waals surface area contributed by atoms with Crippen molar-refractivity contribution in [2.24, 2.45) is 0 Å². The smallest absolute Gasteiger partial charge is 0.296 e. The van der Waals surface area contributed by atoms with Gasteiger partial charge in [0.25, 0.3) is 11.7 Å². The SMILES string of the molecule is O=C(Nc1cccc2cnccc12)C(=O)c1cn(Cc2ccc(Cl)cc2)c2ccccc12. The van der Waals surface area contributed by atoms with Gasteiger partial charge in [-0.2, -0.15) is 0 Å². The molecule has 0 aliphatic heterocycles. The molecule has 1 amide bonds. The van der Waals surface area contributed by atoms with E-state index in [1.54, 1.807) is 24.7 Å². The van der Waals surface area contributed by atoms with Crippen molar-refractivity contribution in [3.8, 4) is 0 Å². The first-order valence-corrected chi connectivity index (χ1v) is 10.5. The molecule has 5 nitrogen and oxygen atoms in total. The predicted molar refractivity (Wildman–Crippen MR) is 127 cm³/mol. The van der Waals surface area contributed by atoms with E-state index in [-0.39, 0.29) is 0 Å². The Bertz CT molecular complexity index is 1470. The maximum absolute atomic E-state index is 13.2. The standard InChI is InChI=1S/C26H18ClN3O2/c27-19-10-8-17(9-11-19)15-30-16-22(21-5-1-2-7-24(21)30)25(31)26(32)29-23-6-3-4-18-14-28-13-12-20(18)23/h1-14,16H,15H2,(H,29,32). The van der Waals surface area contributed by atoms with Crippen molar-refractivity contribution < 1.29 is 9.59 Å². The number of nitrogens with zero attached hydrogens (tertiary/aromatic N) is 2. The minimum atomic E-state index is -0.677. The highest BCUT2D eigenvalue weighted by atomic mass is 35.5. The third kappa shape index (κ3) is 3.74. The summed E-state index contributed by atoms with van der Waals surface area (Å²) in [6.07, 6.45) is 5.12. The summed E-state index contributed by atoms with van der Waals surface area (Å²) >= 11 is 5.99. The van der Waals surface area contributed by atoms with Crippen LogP contribution in [-0.4, -0.2) is 21.2 Å². The first kappa shape index (κ1) is 20.0. The van der Waals surface area contributed by atoms with Gasteiger partial charge in [0.2, 0.25) is 0 Å². The molecule has 156 valence electrons. The zero-order valence-corrected chi connectivity index (χ0v) is 17.7. The van der Waals surface area contributed by atoms with Crippen LogP contribution < -0.4 is 5.32 Å². The Morgan fingerprint density at radius 3 is 2.56 bits per heavy atom. The van der Waals surface area contributed by atoms with Crippen molar-refractivity contribution in [2.75, 3.05) is 5.32 Å². The van der Waals surface area contributed by atoms with Crippen molar-refractivity contribution in [2.45, 2.75) is 6.54 Å². The Morgan fingerprint density at radius 1 is 0.906 bits per heavy atom. The van der Waals surface area contributed by atoms with E-state index < -0.39 is 11.7 Å². The molecule has 1 N–H and O–H groups in total. The number of ketones is 1. The molecule has 0 fully saturated rings. The number of rotatable bonds is 5. The number of benzene rings is 3. The summed E-state index contributed by atoms with van der Waals surface area (Å²) < 4.78 is 1.97. The van der Waals surface area contributed by atoms with E-state index in [1.807, 2.05) is 71.3 Å². The Kier molecular flexibility index (Phi) is 5.17. The van der Waals surface area contributed by atoms with Gasteiger partial charge in [-0.05, 0) is 35.9 Å². The monoisotopic (exact) mass is 439 g/mol. The molecule has 0 radical (unpaired) electrons. The molecule has 0 aliphatic rings. The topological polar surface area (TPSA) is 64.0 Å². The van der Waals surface area contributed by atoms with Crippen molar-refractivity contribution in [1.29, 1.82) is 0 Å². The molecule has 5 aromatic rings. The molecule has 5 rings (SSSR count). The minimum Gasteiger partial charge on any atom is -0.342 e. The lowest BCUT2D eigenvalue weighted by Crippen LogP contribution is -2.22. The summed E-state index contributed by atoms with van der Waals surface area (Å²) in [7, 11) is 0. The summed E-state index contributed by atoms with van der Waals surface area (Å²) in [5, 5.41) is 5.90. The zero-order chi connectivity index (χ0) is 22.1. The van der Waals surface area contributed by atoms with Gasteiger partial charge in [0.1, 0.15) is 0 Å². The maximum atomic E-state index is 13.2. The maximum Gasteiger partial charge on any atom is 0.296 e. The number of anilines is 1. The fourth-order valence-corrected chi connectivity index (χ4v) is 4.00. The number of halogens is 1. The Morgan fingerprint density at radius 2 is 1.72 bits per heavy atom. The number of para-hydroxylation sites is 1. The number of carbonyl (C=O) groups excluding carboxylic acids is 2. The van der Waals surface area contributed by atoms with Crippen LogP contribution in [-0.2, 0) is 11.3 Å². The van der Waals surface area contributed by atoms with Crippen LogP contribution in [0.1, 0.15) is 15.9 Å². The molecule has 0 spiro atoms. The number of pyridine rings is 1. The number of Topliss-reactive ketones (excluding diaryl/α,β-unsaturated/α-hetero) is 1. The van der Waals surface area contributed by atoms with Crippen LogP contribution in [0.4, 0.5) is 5.69 Å². The highest BCUT2D eigenvalue weighted by Gasteiger charge is 2.22. The Hall–Kier alpha value is -3.96. The van der Waals surface area contributed by atoms with E-state index in [4.69, 9.17) is 11.6 Å². The summed E-state index contributed by atoms with van der Waals surface area (Å²) in [5.74, 6) is -1.26. The van der Waals surface area contributed by atoms with Gasteiger partial charge in [-0.3, -0.25) is 14.6 Å². The molecule has 0 unspecified atom stereocenters. The van der Waals surface area contributed by atoms with Crippen LogP contribution >= 0.6 is 11.6 Å². The second-order valence-corrected chi connectivity index (χ2v) is 7.94. The summed E-state index contributed by atoms with van der Waals surface area (Å²) in [5.41, 5.74) is 2.87. The molecule has 0 saturated carbocycles. The van der Waals surface area contributed by atoms with E-state index in [9.17, 15) is 9.59 Å². The van der Waals surface area contributed by atoms with Gasteiger partial charge in [0, 0.05) is 57.5 Å². The number of hydrogen-bond acceptors (Lipinski definition) is 3. The molecule has 2 aromatic heterocycles.